The van der Waals surface area contributed by atoms with Gasteiger partial charge in [-0.1, -0.05) is 25.1 Å². The van der Waals surface area contributed by atoms with E-state index in [0.29, 0.717) is 5.58 Å². The topological polar surface area (TPSA) is 79.5 Å². The minimum Gasteiger partial charge on any atom is -0.481 e. The van der Waals surface area contributed by atoms with Crippen molar-refractivity contribution < 1.29 is 19.1 Å². The molecule has 2 aromatic rings. The molecule has 0 aliphatic carbocycles. The van der Waals surface area contributed by atoms with Gasteiger partial charge in [0.15, 0.2) is 5.76 Å². The predicted octanol–water partition coefficient (Wildman–Crippen LogP) is 2.50. The van der Waals surface area contributed by atoms with Crippen LogP contribution in [0.25, 0.3) is 11.0 Å². The monoisotopic (exact) mass is 275 g/mol. The van der Waals surface area contributed by atoms with Gasteiger partial charge < -0.3 is 14.8 Å². The number of carboxylic acid groups (broad SMARTS) is 1. The van der Waals surface area contributed by atoms with Gasteiger partial charge in [-0.25, -0.2) is 0 Å². The van der Waals surface area contributed by atoms with E-state index in [1.807, 2.05) is 32.0 Å². The average Bonchev–Trinajstić information content (AvgIpc) is 2.75. The molecule has 106 valence electrons. The first-order valence-corrected chi connectivity index (χ1v) is 6.41. The van der Waals surface area contributed by atoms with E-state index in [0.717, 1.165) is 16.5 Å². The Kier molecular flexibility index (Phi) is 3.79. The molecule has 0 fully saturated rings. The standard InChI is InChI=1S/C15H17NO4/c1-8-5-4-6-11-10(3)13(20-12(8)11)14(17)16-7-9(2)15(18)19/h4-6,9H,7H2,1-3H3,(H,16,17)(H,18,19). The molecule has 1 aromatic carbocycles. The zero-order valence-electron chi connectivity index (χ0n) is 11.7. The molecule has 1 aromatic heterocycles. The number of carbonyl (C=O) groups is 2. The number of aryl methyl sites for hydroxylation is 2. The normalized spacial score (nSPS) is 12.3. The van der Waals surface area contributed by atoms with E-state index >= 15 is 0 Å². The molecular weight excluding hydrogens is 258 g/mol. The molecular formula is C15H17NO4. The molecule has 20 heavy (non-hydrogen) atoms. The molecule has 0 saturated heterocycles. The molecule has 0 aliphatic rings. The lowest BCUT2D eigenvalue weighted by Gasteiger charge is -2.07. The van der Waals surface area contributed by atoms with Crippen LogP contribution in [0.3, 0.4) is 0 Å². The third-order valence-corrected chi connectivity index (χ3v) is 3.36. The summed E-state index contributed by atoms with van der Waals surface area (Å²) in [5.74, 6) is -1.72. The summed E-state index contributed by atoms with van der Waals surface area (Å²) in [6.07, 6.45) is 0. The summed E-state index contributed by atoms with van der Waals surface area (Å²) < 4.78 is 5.62. The summed E-state index contributed by atoms with van der Waals surface area (Å²) in [6, 6.07) is 5.73. The third-order valence-electron chi connectivity index (χ3n) is 3.36. The fraction of sp³-hybridized carbons (Fsp3) is 0.333. The SMILES string of the molecule is Cc1c(C(=O)NCC(C)C(=O)O)oc2c(C)cccc12. The van der Waals surface area contributed by atoms with Crippen molar-refractivity contribution in [3.63, 3.8) is 0 Å². The second kappa shape index (κ2) is 5.36. The highest BCUT2D eigenvalue weighted by Crippen LogP contribution is 2.27. The lowest BCUT2D eigenvalue weighted by molar-refractivity contribution is -0.140. The van der Waals surface area contributed by atoms with Crippen LogP contribution in [-0.2, 0) is 4.79 Å². The number of hydrogen-bond acceptors (Lipinski definition) is 3. The number of para-hydroxylation sites is 1. The zero-order valence-corrected chi connectivity index (χ0v) is 11.7. The van der Waals surface area contributed by atoms with Crippen molar-refractivity contribution in [1.29, 1.82) is 0 Å². The Balaban J connectivity index is 2.25. The Morgan fingerprint density at radius 2 is 2.05 bits per heavy atom. The maximum atomic E-state index is 12.1. The molecule has 0 radical (unpaired) electrons. The summed E-state index contributed by atoms with van der Waals surface area (Å²) in [5, 5.41) is 12.3. The molecule has 2 N–H and O–H groups in total. The fourth-order valence-electron chi connectivity index (χ4n) is 2.01. The van der Waals surface area contributed by atoms with Crippen LogP contribution in [0, 0.1) is 19.8 Å². The quantitative estimate of drug-likeness (QED) is 0.898. The van der Waals surface area contributed by atoms with Gasteiger partial charge in [-0.2, -0.15) is 0 Å². The number of carbonyl (C=O) groups excluding carboxylic acids is 1. The first-order chi connectivity index (χ1) is 9.41. The minimum absolute atomic E-state index is 0.0730. The number of hydrogen-bond donors (Lipinski definition) is 2. The first kappa shape index (κ1) is 14.1. The number of aliphatic carboxylic acids is 1. The van der Waals surface area contributed by atoms with Crippen LogP contribution in [0.4, 0.5) is 0 Å². The van der Waals surface area contributed by atoms with E-state index in [2.05, 4.69) is 5.32 Å². The van der Waals surface area contributed by atoms with Gasteiger partial charge in [0.05, 0.1) is 5.92 Å². The smallest absolute Gasteiger partial charge is 0.308 e. The highest BCUT2D eigenvalue weighted by molar-refractivity contribution is 5.99. The summed E-state index contributed by atoms with van der Waals surface area (Å²) in [4.78, 5) is 22.8. The zero-order chi connectivity index (χ0) is 14.9. The lowest BCUT2D eigenvalue weighted by atomic mass is 10.1. The van der Waals surface area contributed by atoms with Crippen LogP contribution in [0.5, 0.6) is 0 Å². The minimum atomic E-state index is -0.942. The Labute approximate surface area is 116 Å². The Bertz CT molecular complexity index is 672. The molecule has 1 atom stereocenters. The Morgan fingerprint density at radius 3 is 2.65 bits per heavy atom. The number of carboxylic acids is 1. The first-order valence-electron chi connectivity index (χ1n) is 6.41. The van der Waals surface area contributed by atoms with Crippen molar-refractivity contribution in [2.45, 2.75) is 20.8 Å². The molecule has 0 aliphatic heterocycles. The summed E-state index contributed by atoms with van der Waals surface area (Å²) in [5.41, 5.74) is 2.43. The molecule has 0 saturated carbocycles. The molecule has 2 rings (SSSR count). The van der Waals surface area contributed by atoms with E-state index in [9.17, 15) is 9.59 Å². The van der Waals surface area contributed by atoms with Gasteiger partial charge in [-0.3, -0.25) is 9.59 Å². The van der Waals surface area contributed by atoms with E-state index in [-0.39, 0.29) is 18.2 Å². The van der Waals surface area contributed by atoms with Crippen molar-refractivity contribution in [3.8, 4) is 0 Å². The maximum Gasteiger partial charge on any atom is 0.308 e. The van der Waals surface area contributed by atoms with Crippen molar-refractivity contribution in [2.75, 3.05) is 6.54 Å². The van der Waals surface area contributed by atoms with E-state index < -0.39 is 11.9 Å². The lowest BCUT2D eigenvalue weighted by Crippen LogP contribution is -2.31. The predicted molar refractivity (Wildman–Crippen MR) is 74.8 cm³/mol. The van der Waals surface area contributed by atoms with Crippen molar-refractivity contribution >= 4 is 22.8 Å². The van der Waals surface area contributed by atoms with Crippen LogP contribution in [0.15, 0.2) is 22.6 Å². The number of rotatable bonds is 4. The largest absolute Gasteiger partial charge is 0.481 e. The number of benzene rings is 1. The van der Waals surface area contributed by atoms with Crippen LogP contribution in [0.1, 0.15) is 28.6 Å². The van der Waals surface area contributed by atoms with E-state index in [4.69, 9.17) is 9.52 Å². The molecule has 1 amide bonds. The summed E-state index contributed by atoms with van der Waals surface area (Å²) >= 11 is 0. The van der Waals surface area contributed by atoms with Gasteiger partial charge >= 0.3 is 5.97 Å². The van der Waals surface area contributed by atoms with Crippen molar-refractivity contribution in [2.24, 2.45) is 5.92 Å². The second-order valence-electron chi connectivity index (χ2n) is 4.96. The van der Waals surface area contributed by atoms with Crippen LogP contribution < -0.4 is 5.32 Å². The molecule has 1 heterocycles. The number of furan rings is 1. The van der Waals surface area contributed by atoms with Crippen molar-refractivity contribution in [3.05, 3.63) is 35.1 Å². The highest BCUT2D eigenvalue weighted by Gasteiger charge is 2.20. The molecule has 0 bridgehead atoms. The van der Waals surface area contributed by atoms with Crippen LogP contribution in [0.2, 0.25) is 0 Å². The molecule has 0 spiro atoms. The summed E-state index contributed by atoms with van der Waals surface area (Å²) in [6.45, 7) is 5.35. The molecule has 5 nitrogen and oxygen atoms in total. The van der Waals surface area contributed by atoms with Gasteiger partial charge in [0.25, 0.3) is 5.91 Å². The van der Waals surface area contributed by atoms with E-state index in [1.54, 1.807) is 0 Å². The third kappa shape index (κ3) is 2.52. The van der Waals surface area contributed by atoms with Gasteiger partial charge in [0.1, 0.15) is 5.58 Å². The Hall–Kier alpha value is -2.30. The van der Waals surface area contributed by atoms with Gasteiger partial charge in [-0.05, 0) is 19.4 Å². The molecule has 1 unspecified atom stereocenters. The summed E-state index contributed by atoms with van der Waals surface area (Å²) in [7, 11) is 0. The van der Waals surface area contributed by atoms with Crippen LogP contribution in [-0.4, -0.2) is 23.5 Å². The van der Waals surface area contributed by atoms with Crippen LogP contribution >= 0.6 is 0 Å². The highest BCUT2D eigenvalue weighted by atomic mass is 16.4. The van der Waals surface area contributed by atoms with Crippen molar-refractivity contribution in [1.82, 2.24) is 5.32 Å². The number of nitrogens with one attached hydrogen (secondary N) is 1. The van der Waals surface area contributed by atoms with Gasteiger partial charge in [-0.15, -0.1) is 0 Å². The van der Waals surface area contributed by atoms with Gasteiger partial charge in [0.2, 0.25) is 0 Å². The average molecular weight is 275 g/mol. The van der Waals surface area contributed by atoms with E-state index in [1.165, 1.54) is 6.92 Å². The second-order valence-corrected chi connectivity index (χ2v) is 4.96. The number of fused-ring (bicyclic) bond motifs is 1. The molecule has 5 heteroatoms. The van der Waals surface area contributed by atoms with Gasteiger partial charge in [0, 0.05) is 17.5 Å². The fourth-order valence-corrected chi connectivity index (χ4v) is 2.01. The Morgan fingerprint density at radius 1 is 1.35 bits per heavy atom. The maximum absolute atomic E-state index is 12.1. The number of amides is 1.